The van der Waals surface area contributed by atoms with Gasteiger partial charge in [-0.3, -0.25) is 0 Å². The Morgan fingerprint density at radius 1 is 1.15 bits per heavy atom. The van der Waals surface area contributed by atoms with E-state index in [0.717, 1.165) is 5.56 Å². The Labute approximate surface area is 85.3 Å². The van der Waals surface area contributed by atoms with Gasteiger partial charge in [0.25, 0.3) is 0 Å². The number of benzene rings is 1. The van der Waals surface area contributed by atoms with E-state index in [9.17, 15) is 0 Å². The fourth-order valence-corrected chi connectivity index (χ4v) is 2.61. The number of rotatable bonds is 2. The van der Waals surface area contributed by atoms with E-state index in [4.69, 9.17) is 11.2 Å². The quantitative estimate of drug-likeness (QED) is 0.661. The van der Waals surface area contributed by atoms with Gasteiger partial charge in [-0.1, -0.05) is 0 Å². The molecule has 0 atom stereocenters. The molecule has 0 heterocycles. The molecule has 0 amide bonds. The Balaban J connectivity index is 3.14. The van der Waals surface area contributed by atoms with Crippen molar-refractivity contribution in [3.8, 4) is 0 Å². The minimum atomic E-state index is -2.09. The van der Waals surface area contributed by atoms with Gasteiger partial charge in [-0.15, -0.1) is 0 Å². The summed E-state index contributed by atoms with van der Waals surface area (Å²) in [6.07, 6.45) is 1.84. The molecule has 0 aliphatic carbocycles. The average Bonchev–Trinajstić information content (AvgIpc) is 2.02. The van der Waals surface area contributed by atoms with E-state index >= 15 is 0 Å². The zero-order valence-corrected chi connectivity index (χ0v) is 10.1. The van der Waals surface area contributed by atoms with Crippen molar-refractivity contribution in [1.29, 1.82) is 0 Å². The van der Waals surface area contributed by atoms with Crippen molar-refractivity contribution < 1.29 is 0 Å². The second-order valence-electron chi connectivity index (χ2n) is 4.40. The first kappa shape index (κ1) is 10.8. The van der Waals surface area contributed by atoms with E-state index in [1.54, 1.807) is 0 Å². The first-order valence-electron chi connectivity index (χ1n) is 4.25. The van der Waals surface area contributed by atoms with Gasteiger partial charge in [0.05, 0.1) is 0 Å². The summed E-state index contributed by atoms with van der Waals surface area (Å²) in [6, 6.07) is 8.31. The predicted octanol–water partition coefficient (Wildman–Crippen LogP) is 3.55. The second-order valence-corrected chi connectivity index (χ2v) is 13.7. The summed E-state index contributed by atoms with van der Waals surface area (Å²) >= 11 is 6.51. The van der Waals surface area contributed by atoms with Crippen LogP contribution in [-0.4, -0.2) is 20.0 Å². The van der Waals surface area contributed by atoms with Crippen LogP contribution in [0.15, 0.2) is 30.8 Å². The Hall–Kier alpha value is -0.320. The predicted molar refractivity (Wildman–Crippen MR) is 66.7 cm³/mol. The van der Waals surface area contributed by atoms with Gasteiger partial charge in [-0.05, 0) is 0 Å². The SMILES string of the molecule is C=Cc1ccc(P(C)(C)(C)Cl)cc1. The Kier molecular flexibility index (Phi) is 2.58. The van der Waals surface area contributed by atoms with Crippen LogP contribution < -0.4 is 5.30 Å². The van der Waals surface area contributed by atoms with Crippen LogP contribution in [-0.2, 0) is 0 Å². The van der Waals surface area contributed by atoms with Crippen molar-refractivity contribution in [3.63, 3.8) is 0 Å². The van der Waals surface area contributed by atoms with Crippen LogP contribution in [0.25, 0.3) is 6.08 Å². The monoisotopic (exact) mass is 214 g/mol. The number of hydrogen-bond acceptors (Lipinski definition) is 0. The van der Waals surface area contributed by atoms with E-state index in [2.05, 4.69) is 50.8 Å². The van der Waals surface area contributed by atoms with E-state index in [0.29, 0.717) is 0 Å². The maximum absolute atomic E-state index is 6.51. The first-order valence-corrected chi connectivity index (χ1v) is 8.74. The molecule has 0 aliphatic rings. The van der Waals surface area contributed by atoms with Crippen molar-refractivity contribution in [3.05, 3.63) is 36.4 Å². The summed E-state index contributed by atoms with van der Waals surface area (Å²) in [4.78, 5) is 0. The van der Waals surface area contributed by atoms with Gasteiger partial charge in [0, 0.05) is 0 Å². The van der Waals surface area contributed by atoms with Gasteiger partial charge in [0.2, 0.25) is 0 Å². The zero-order valence-electron chi connectivity index (χ0n) is 8.42. The van der Waals surface area contributed by atoms with Crippen LogP contribution in [0, 0.1) is 0 Å². The van der Waals surface area contributed by atoms with Crippen LogP contribution in [0.3, 0.4) is 0 Å². The molecule has 0 unspecified atom stereocenters. The molecule has 0 bridgehead atoms. The molecule has 0 radical (unpaired) electrons. The van der Waals surface area contributed by atoms with Gasteiger partial charge in [-0.25, -0.2) is 0 Å². The molecular formula is C11H16ClP. The molecule has 1 aromatic rings. The zero-order chi connectivity index (χ0) is 10.1. The summed E-state index contributed by atoms with van der Waals surface area (Å²) in [5.41, 5.74) is 1.14. The summed E-state index contributed by atoms with van der Waals surface area (Å²) in [7, 11) is 0. The molecule has 1 rings (SSSR count). The molecule has 0 saturated carbocycles. The molecule has 0 nitrogen and oxygen atoms in total. The van der Waals surface area contributed by atoms with Gasteiger partial charge in [-0.2, -0.15) is 0 Å². The van der Waals surface area contributed by atoms with Crippen molar-refractivity contribution in [1.82, 2.24) is 0 Å². The summed E-state index contributed by atoms with van der Waals surface area (Å²) in [6.45, 7) is 10.1. The fraction of sp³-hybridized carbons (Fsp3) is 0.273. The van der Waals surface area contributed by atoms with E-state index < -0.39 is 5.96 Å². The summed E-state index contributed by atoms with van der Waals surface area (Å²) < 4.78 is 0. The average molecular weight is 215 g/mol. The van der Waals surface area contributed by atoms with Crippen LogP contribution in [0.1, 0.15) is 5.56 Å². The molecule has 72 valence electrons. The third kappa shape index (κ3) is 2.83. The standard InChI is InChI=1S/C11H16ClP/c1-5-10-6-8-11(9-7-10)13(2,3,4)12/h5-9H,1H2,2-4H3. The third-order valence-electron chi connectivity index (χ3n) is 2.00. The van der Waals surface area contributed by atoms with E-state index in [1.807, 2.05) is 6.08 Å². The van der Waals surface area contributed by atoms with E-state index in [-0.39, 0.29) is 0 Å². The molecule has 0 aliphatic heterocycles. The van der Waals surface area contributed by atoms with Crippen LogP contribution in [0.5, 0.6) is 0 Å². The van der Waals surface area contributed by atoms with Crippen molar-refractivity contribution in [2.24, 2.45) is 0 Å². The number of halogens is 1. The molecule has 13 heavy (non-hydrogen) atoms. The topological polar surface area (TPSA) is 0 Å². The van der Waals surface area contributed by atoms with Crippen molar-refractivity contribution in [2.45, 2.75) is 0 Å². The molecular weight excluding hydrogens is 199 g/mol. The van der Waals surface area contributed by atoms with Gasteiger partial charge >= 0.3 is 85.0 Å². The second kappa shape index (κ2) is 3.12. The molecule has 1 aromatic carbocycles. The molecule has 0 N–H and O–H groups in total. The molecule has 0 spiro atoms. The van der Waals surface area contributed by atoms with Crippen LogP contribution in [0.2, 0.25) is 0 Å². The first-order chi connectivity index (χ1) is 5.80. The number of hydrogen-bond donors (Lipinski definition) is 0. The third-order valence-corrected chi connectivity index (χ3v) is 4.63. The summed E-state index contributed by atoms with van der Waals surface area (Å²) in [5, 5.41) is 1.25. The minimum absolute atomic E-state index is 1.14. The Bertz CT molecular complexity index is 307. The maximum atomic E-state index is 6.51. The fourth-order valence-electron chi connectivity index (χ4n) is 1.11. The van der Waals surface area contributed by atoms with Gasteiger partial charge < -0.3 is 0 Å². The molecule has 0 saturated heterocycles. The molecule has 2 heteroatoms. The van der Waals surface area contributed by atoms with Crippen LogP contribution in [0.4, 0.5) is 0 Å². The normalized spacial score (nSPS) is 14.6. The molecule has 0 aromatic heterocycles. The van der Waals surface area contributed by atoms with Gasteiger partial charge in [0.15, 0.2) is 0 Å². The Morgan fingerprint density at radius 3 is 1.92 bits per heavy atom. The molecule has 0 fully saturated rings. The van der Waals surface area contributed by atoms with Gasteiger partial charge in [0.1, 0.15) is 0 Å². The van der Waals surface area contributed by atoms with Crippen molar-refractivity contribution in [2.75, 3.05) is 20.0 Å². The Morgan fingerprint density at radius 2 is 1.62 bits per heavy atom. The summed E-state index contributed by atoms with van der Waals surface area (Å²) in [5.74, 6) is -2.09. The van der Waals surface area contributed by atoms with Crippen molar-refractivity contribution >= 4 is 28.6 Å². The van der Waals surface area contributed by atoms with Crippen LogP contribution >= 0.6 is 17.2 Å². The van der Waals surface area contributed by atoms with E-state index in [1.165, 1.54) is 5.30 Å².